The number of hydrogen-bond acceptors (Lipinski definition) is 4. The summed E-state index contributed by atoms with van der Waals surface area (Å²) in [6.45, 7) is 5.51. The number of amides is 2. The molecule has 7 nitrogen and oxygen atoms in total. The van der Waals surface area contributed by atoms with Crippen LogP contribution >= 0.6 is 0 Å². The smallest absolute Gasteiger partial charge is 0.238 e. The van der Waals surface area contributed by atoms with Crippen LogP contribution in [-0.4, -0.2) is 44.8 Å². The van der Waals surface area contributed by atoms with E-state index < -0.39 is 10.0 Å². The van der Waals surface area contributed by atoms with E-state index in [1.54, 1.807) is 12.1 Å². The van der Waals surface area contributed by atoms with Gasteiger partial charge < -0.3 is 10.2 Å². The van der Waals surface area contributed by atoms with Crippen LogP contribution in [0.1, 0.15) is 32.3 Å². The fourth-order valence-corrected chi connectivity index (χ4v) is 3.56. The summed E-state index contributed by atoms with van der Waals surface area (Å²) in [5.41, 5.74) is 0.926. The maximum absolute atomic E-state index is 12.3. The lowest BCUT2D eigenvalue weighted by Crippen LogP contribution is -2.44. The molecule has 1 heterocycles. The quantitative estimate of drug-likeness (QED) is 0.762. The molecule has 26 heavy (non-hydrogen) atoms. The highest BCUT2D eigenvalue weighted by Gasteiger charge is 2.27. The number of benzene rings is 1. The zero-order valence-corrected chi connectivity index (χ0v) is 16.1. The van der Waals surface area contributed by atoms with E-state index in [9.17, 15) is 18.0 Å². The lowest BCUT2D eigenvalue weighted by molar-refractivity contribution is -0.138. The van der Waals surface area contributed by atoms with Crippen LogP contribution in [0.3, 0.4) is 0 Å². The minimum Gasteiger partial charge on any atom is -0.356 e. The number of sulfonamides is 1. The standard InChI is InChI=1S/C18H27N3O4S/c1-13(2)18(23)21-11-8-15(9-12-21)17(22)20-10-7-14-3-5-16(6-4-14)26(19,24)25/h3-6,13,15H,7-12H2,1-2H3,(H,20,22)(H2,19,24,25). The first kappa shape index (κ1) is 20.4. The lowest BCUT2D eigenvalue weighted by atomic mass is 9.95. The highest BCUT2D eigenvalue weighted by Crippen LogP contribution is 2.19. The van der Waals surface area contributed by atoms with Gasteiger partial charge in [0.15, 0.2) is 0 Å². The van der Waals surface area contributed by atoms with Crippen molar-refractivity contribution in [3.63, 3.8) is 0 Å². The van der Waals surface area contributed by atoms with Crippen LogP contribution in [0, 0.1) is 11.8 Å². The normalized spacial score (nSPS) is 15.9. The van der Waals surface area contributed by atoms with E-state index in [0.717, 1.165) is 5.56 Å². The highest BCUT2D eigenvalue weighted by molar-refractivity contribution is 7.89. The van der Waals surface area contributed by atoms with E-state index in [1.807, 2.05) is 18.7 Å². The summed E-state index contributed by atoms with van der Waals surface area (Å²) >= 11 is 0. The molecule has 0 aliphatic carbocycles. The predicted octanol–water partition coefficient (Wildman–Crippen LogP) is 0.887. The second kappa shape index (κ2) is 8.64. The maximum atomic E-state index is 12.3. The topological polar surface area (TPSA) is 110 Å². The van der Waals surface area contributed by atoms with Crippen LogP contribution in [0.2, 0.25) is 0 Å². The average molecular weight is 381 g/mol. The Hall–Kier alpha value is -1.93. The summed E-state index contributed by atoms with van der Waals surface area (Å²) in [4.78, 5) is 26.2. The summed E-state index contributed by atoms with van der Waals surface area (Å²) in [6, 6.07) is 6.33. The molecule has 0 bridgehead atoms. The molecule has 0 saturated carbocycles. The summed E-state index contributed by atoms with van der Waals surface area (Å²) < 4.78 is 22.4. The lowest BCUT2D eigenvalue weighted by Gasteiger charge is -2.32. The van der Waals surface area contributed by atoms with Crippen LogP contribution in [-0.2, 0) is 26.0 Å². The van der Waals surface area contributed by atoms with Crippen LogP contribution in [0.4, 0.5) is 0 Å². The molecule has 1 aromatic rings. The van der Waals surface area contributed by atoms with E-state index in [-0.39, 0.29) is 28.5 Å². The van der Waals surface area contributed by atoms with Crippen molar-refractivity contribution in [1.82, 2.24) is 10.2 Å². The third kappa shape index (κ3) is 5.54. The highest BCUT2D eigenvalue weighted by atomic mass is 32.2. The van der Waals surface area contributed by atoms with Gasteiger partial charge in [0.2, 0.25) is 21.8 Å². The molecule has 0 spiro atoms. The number of piperidine rings is 1. The molecule has 0 unspecified atom stereocenters. The van der Waals surface area contributed by atoms with Crippen molar-refractivity contribution in [3.05, 3.63) is 29.8 Å². The van der Waals surface area contributed by atoms with Crippen LogP contribution in [0.25, 0.3) is 0 Å². The van der Waals surface area contributed by atoms with Gasteiger partial charge in [0.25, 0.3) is 0 Å². The van der Waals surface area contributed by atoms with Gasteiger partial charge in [0.1, 0.15) is 0 Å². The first-order valence-corrected chi connectivity index (χ1v) is 10.4. The van der Waals surface area contributed by atoms with Crippen molar-refractivity contribution in [1.29, 1.82) is 0 Å². The molecule has 1 saturated heterocycles. The molecule has 144 valence electrons. The largest absolute Gasteiger partial charge is 0.356 e. The summed E-state index contributed by atoms with van der Waals surface area (Å²) in [6.07, 6.45) is 1.99. The summed E-state index contributed by atoms with van der Waals surface area (Å²) in [5, 5.41) is 7.99. The third-order valence-corrected chi connectivity index (χ3v) is 5.57. The monoisotopic (exact) mass is 381 g/mol. The van der Waals surface area contributed by atoms with E-state index >= 15 is 0 Å². The van der Waals surface area contributed by atoms with Gasteiger partial charge in [-0.1, -0.05) is 26.0 Å². The van der Waals surface area contributed by atoms with Crippen LogP contribution < -0.4 is 10.5 Å². The van der Waals surface area contributed by atoms with Crippen molar-refractivity contribution in [3.8, 4) is 0 Å². The van der Waals surface area contributed by atoms with Crippen molar-refractivity contribution in [2.75, 3.05) is 19.6 Å². The van der Waals surface area contributed by atoms with Gasteiger partial charge in [-0.05, 0) is 37.0 Å². The molecule has 1 aliphatic rings. The van der Waals surface area contributed by atoms with E-state index in [4.69, 9.17) is 5.14 Å². The zero-order chi connectivity index (χ0) is 19.3. The molecule has 8 heteroatoms. The first-order chi connectivity index (χ1) is 12.2. The van der Waals surface area contributed by atoms with Gasteiger partial charge in [-0.15, -0.1) is 0 Å². The Balaban J connectivity index is 1.75. The molecule has 0 atom stereocenters. The fourth-order valence-electron chi connectivity index (χ4n) is 3.05. The molecular formula is C18H27N3O4S. The van der Waals surface area contributed by atoms with Gasteiger partial charge in [0.05, 0.1) is 4.90 Å². The summed E-state index contributed by atoms with van der Waals surface area (Å²) in [5.74, 6) is 0.0894. The third-order valence-electron chi connectivity index (χ3n) is 4.64. The van der Waals surface area contributed by atoms with Crippen molar-refractivity contribution < 1.29 is 18.0 Å². The van der Waals surface area contributed by atoms with E-state index in [0.29, 0.717) is 38.9 Å². The Labute approximate surface area is 155 Å². The number of hydrogen-bond donors (Lipinski definition) is 2. The van der Waals surface area contributed by atoms with E-state index in [1.165, 1.54) is 12.1 Å². The van der Waals surface area contributed by atoms with Crippen molar-refractivity contribution in [2.45, 2.75) is 38.0 Å². The fraction of sp³-hybridized carbons (Fsp3) is 0.556. The number of nitrogens with zero attached hydrogens (tertiary/aromatic N) is 1. The predicted molar refractivity (Wildman–Crippen MR) is 98.7 cm³/mol. The van der Waals surface area contributed by atoms with E-state index in [2.05, 4.69) is 5.32 Å². The number of carbonyl (C=O) groups excluding carboxylic acids is 2. The minimum absolute atomic E-state index is 0.0129. The summed E-state index contributed by atoms with van der Waals surface area (Å²) in [7, 11) is -3.68. The number of likely N-dealkylation sites (tertiary alicyclic amines) is 1. The van der Waals surface area contributed by atoms with Gasteiger partial charge in [-0.2, -0.15) is 0 Å². The zero-order valence-electron chi connectivity index (χ0n) is 15.3. The van der Waals surface area contributed by atoms with Gasteiger partial charge >= 0.3 is 0 Å². The van der Waals surface area contributed by atoms with Gasteiger partial charge in [0, 0.05) is 31.5 Å². The molecule has 3 N–H and O–H groups in total. The second-order valence-corrected chi connectivity index (χ2v) is 8.55. The van der Waals surface area contributed by atoms with Gasteiger partial charge in [-0.3, -0.25) is 9.59 Å². The molecule has 0 aromatic heterocycles. The molecular weight excluding hydrogens is 354 g/mol. The first-order valence-electron chi connectivity index (χ1n) is 8.86. The molecule has 1 aromatic carbocycles. The Morgan fingerprint density at radius 1 is 1.19 bits per heavy atom. The Morgan fingerprint density at radius 3 is 2.27 bits per heavy atom. The number of primary sulfonamides is 1. The second-order valence-electron chi connectivity index (χ2n) is 6.98. The van der Waals surface area contributed by atoms with Crippen molar-refractivity contribution >= 4 is 21.8 Å². The Bertz CT molecular complexity index is 736. The molecule has 2 amide bonds. The number of rotatable bonds is 6. The Morgan fingerprint density at radius 2 is 1.77 bits per heavy atom. The van der Waals surface area contributed by atoms with Crippen molar-refractivity contribution in [2.24, 2.45) is 17.0 Å². The number of carbonyl (C=O) groups is 2. The SMILES string of the molecule is CC(C)C(=O)N1CCC(C(=O)NCCc2ccc(S(N)(=O)=O)cc2)CC1. The molecule has 2 rings (SSSR count). The number of nitrogens with two attached hydrogens (primary N) is 1. The number of nitrogens with one attached hydrogen (secondary N) is 1. The van der Waals surface area contributed by atoms with Gasteiger partial charge in [-0.25, -0.2) is 13.6 Å². The molecule has 1 aliphatic heterocycles. The molecule has 0 radical (unpaired) electrons. The van der Waals surface area contributed by atoms with Crippen LogP contribution in [0.15, 0.2) is 29.2 Å². The Kier molecular flexibility index (Phi) is 6.77. The maximum Gasteiger partial charge on any atom is 0.238 e. The molecule has 1 fully saturated rings. The minimum atomic E-state index is -3.68. The van der Waals surface area contributed by atoms with Crippen LogP contribution in [0.5, 0.6) is 0 Å². The average Bonchev–Trinajstić information content (AvgIpc) is 2.60.